The molecule has 0 aliphatic rings. The number of thioether (sulfide) groups is 1. The van der Waals surface area contributed by atoms with Crippen LogP contribution < -0.4 is 4.74 Å². The Morgan fingerprint density at radius 3 is 2.39 bits per heavy atom. The van der Waals surface area contributed by atoms with Crippen molar-refractivity contribution in [1.82, 2.24) is 15.4 Å². The maximum absolute atomic E-state index is 12.3. The van der Waals surface area contributed by atoms with Gasteiger partial charge in [-0.1, -0.05) is 0 Å². The Labute approximate surface area is 105 Å². The Kier molecular flexibility index (Phi) is 3.46. The molecule has 1 aromatic carbocycles. The molecule has 0 amide bonds. The Morgan fingerprint density at radius 1 is 1.17 bits per heavy atom. The highest BCUT2D eigenvalue weighted by molar-refractivity contribution is 8.00. The van der Waals surface area contributed by atoms with Crippen LogP contribution >= 0.6 is 11.8 Å². The second-order valence-corrected chi connectivity index (χ2v) is 4.31. The first-order chi connectivity index (χ1) is 8.49. The number of nitrogens with one attached hydrogen (secondary N) is 1. The average molecular weight is 275 g/mol. The average Bonchev–Trinajstić information content (AvgIpc) is 2.75. The summed E-state index contributed by atoms with van der Waals surface area (Å²) in [4.78, 5) is 0. The Balaban J connectivity index is 2.30. The van der Waals surface area contributed by atoms with Crippen molar-refractivity contribution in [3.05, 3.63) is 24.3 Å². The van der Waals surface area contributed by atoms with E-state index in [1.54, 1.807) is 24.3 Å². The molecule has 0 fully saturated rings. The third-order valence-corrected chi connectivity index (χ3v) is 2.80. The van der Waals surface area contributed by atoms with E-state index in [4.69, 9.17) is 4.74 Å². The van der Waals surface area contributed by atoms with Crippen LogP contribution in [-0.2, 0) is 0 Å². The fourth-order valence-electron chi connectivity index (χ4n) is 1.34. The summed E-state index contributed by atoms with van der Waals surface area (Å²) < 4.78 is 41.9. The fourth-order valence-corrected chi connectivity index (χ4v) is 1.90. The molecule has 1 N–H and O–H groups in total. The number of aromatic nitrogens is 3. The summed E-state index contributed by atoms with van der Waals surface area (Å²) in [5.74, 6) is 0.618. The van der Waals surface area contributed by atoms with Crippen molar-refractivity contribution in [2.75, 3.05) is 7.11 Å². The summed E-state index contributed by atoms with van der Waals surface area (Å²) in [6.45, 7) is 0. The van der Waals surface area contributed by atoms with E-state index in [0.29, 0.717) is 11.3 Å². The predicted molar refractivity (Wildman–Crippen MR) is 60.3 cm³/mol. The molecular formula is C10H8F3N3OS. The molecule has 0 radical (unpaired) electrons. The molecule has 96 valence electrons. The van der Waals surface area contributed by atoms with Crippen LogP contribution in [0.15, 0.2) is 29.3 Å². The number of nitrogens with zero attached hydrogens (tertiary/aromatic N) is 2. The van der Waals surface area contributed by atoms with E-state index < -0.39 is 5.51 Å². The van der Waals surface area contributed by atoms with Crippen molar-refractivity contribution in [2.45, 2.75) is 10.5 Å². The molecule has 1 aromatic heterocycles. The van der Waals surface area contributed by atoms with Gasteiger partial charge in [0.05, 0.1) is 7.11 Å². The first kappa shape index (κ1) is 12.7. The van der Waals surface area contributed by atoms with Crippen molar-refractivity contribution in [3.8, 4) is 17.0 Å². The molecule has 0 aliphatic carbocycles. The van der Waals surface area contributed by atoms with Gasteiger partial charge in [-0.05, 0) is 24.3 Å². The molecule has 18 heavy (non-hydrogen) atoms. The highest BCUT2D eigenvalue weighted by Gasteiger charge is 2.32. The van der Waals surface area contributed by atoms with E-state index >= 15 is 0 Å². The number of alkyl halides is 3. The lowest BCUT2D eigenvalue weighted by molar-refractivity contribution is -0.0329. The van der Waals surface area contributed by atoms with Gasteiger partial charge in [-0.15, -0.1) is 5.10 Å². The fraction of sp³-hybridized carbons (Fsp3) is 0.200. The van der Waals surface area contributed by atoms with Crippen LogP contribution in [0.1, 0.15) is 0 Å². The summed E-state index contributed by atoms with van der Waals surface area (Å²) in [6.07, 6.45) is 0. The number of aromatic amines is 1. The quantitative estimate of drug-likeness (QED) is 0.874. The Hall–Kier alpha value is -1.70. The number of hydrogen-bond acceptors (Lipinski definition) is 4. The predicted octanol–water partition coefficient (Wildman–Crippen LogP) is 3.09. The zero-order chi connectivity index (χ0) is 13.2. The molecular weight excluding hydrogens is 267 g/mol. The number of rotatable bonds is 3. The van der Waals surface area contributed by atoms with Gasteiger partial charge in [0.25, 0.3) is 0 Å². The summed E-state index contributed by atoms with van der Waals surface area (Å²) >= 11 is -0.297. The smallest absolute Gasteiger partial charge is 0.447 e. The molecule has 4 nitrogen and oxygen atoms in total. The summed E-state index contributed by atoms with van der Waals surface area (Å²) in [5, 5.41) is 9.22. The van der Waals surface area contributed by atoms with E-state index in [2.05, 4.69) is 15.4 Å². The minimum atomic E-state index is -4.39. The Bertz CT molecular complexity index is 524. The largest absolute Gasteiger partial charge is 0.497 e. The number of hydrogen-bond donors (Lipinski definition) is 1. The van der Waals surface area contributed by atoms with Crippen molar-refractivity contribution in [2.24, 2.45) is 0 Å². The van der Waals surface area contributed by atoms with Crippen LogP contribution in [-0.4, -0.2) is 28.0 Å². The van der Waals surface area contributed by atoms with Gasteiger partial charge in [0, 0.05) is 17.3 Å². The number of H-pyrrole nitrogens is 1. The number of methoxy groups -OCH3 is 1. The van der Waals surface area contributed by atoms with Gasteiger partial charge in [0.2, 0.25) is 0 Å². The van der Waals surface area contributed by atoms with E-state index in [1.807, 2.05) is 0 Å². The summed E-state index contributed by atoms with van der Waals surface area (Å²) in [6, 6.07) is 6.53. The van der Waals surface area contributed by atoms with Gasteiger partial charge in [-0.25, -0.2) is 0 Å². The highest BCUT2D eigenvalue weighted by atomic mass is 32.2. The molecule has 2 rings (SSSR count). The van der Waals surface area contributed by atoms with E-state index in [1.165, 1.54) is 7.11 Å². The van der Waals surface area contributed by atoms with Gasteiger partial charge in [-0.2, -0.15) is 23.5 Å². The zero-order valence-electron chi connectivity index (χ0n) is 9.15. The summed E-state index contributed by atoms with van der Waals surface area (Å²) in [5.41, 5.74) is -3.69. The van der Waals surface area contributed by atoms with Crippen LogP contribution in [0.4, 0.5) is 13.2 Å². The lowest BCUT2D eigenvalue weighted by atomic mass is 10.2. The van der Waals surface area contributed by atoms with Crippen molar-refractivity contribution < 1.29 is 17.9 Å². The maximum Gasteiger partial charge on any atom is 0.447 e. The van der Waals surface area contributed by atoms with Gasteiger partial charge in [0.15, 0.2) is 5.03 Å². The van der Waals surface area contributed by atoms with E-state index in [0.717, 1.165) is 0 Å². The number of benzene rings is 1. The molecule has 0 bridgehead atoms. The molecule has 0 spiro atoms. The third-order valence-electron chi connectivity index (χ3n) is 2.09. The first-order valence-electron chi connectivity index (χ1n) is 4.80. The lowest BCUT2D eigenvalue weighted by Gasteiger charge is -2.04. The number of halogens is 3. The minimum Gasteiger partial charge on any atom is -0.497 e. The monoisotopic (exact) mass is 275 g/mol. The van der Waals surface area contributed by atoms with Gasteiger partial charge in [-0.3, -0.25) is 0 Å². The first-order valence-corrected chi connectivity index (χ1v) is 5.62. The third kappa shape index (κ3) is 2.95. The van der Waals surface area contributed by atoms with Crippen LogP contribution in [0.3, 0.4) is 0 Å². The van der Waals surface area contributed by atoms with Gasteiger partial charge >= 0.3 is 5.51 Å². The molecule has 0 atom stereocenters. The van der Waals surface area contributed by atoms with Gasteiger partial charge < -0.3 is 4.74 Å². The molecule has 0 unspecified atom stereocenters. The molecule has 0 aliphatic heterocycles. The Morgan fingerprint density at radius 2 is 1.83 bits per heavy atom. The van der Waals surface area contributed by atoms with Gasteiger partial charge in [0.1, 0.15) is 11.4 Å². The molecule has 8 heteroatoms. The minimum absolute atomic E-state index is 0.167. The maximum atomic E-state index is 12.3. The molecule has 2 aromatic rings. The van der Waals surface area contributed by atoms with Crippen molar-refractivity contribution >= 4 is 11.8 Å². The van der Waals surface area contributed by atoms with Crippen LogP contribution in [0.25, 0.3) is 11.3 Å². The molecule has 0 saturated heterocycles. The lowest BCUT2D eigenvalue weighted by Crippen LogP contribution is -2.00. The van der Waals surface area contributed by atoms with Crippen LogP contribution in [0.5, 0.6) is 5.75 Å². The van der Waals surface area contributed by atoms with Crippen LogP contribution in [0, 0.1) is 0 Å². The van der Waals surface area contributed by atoms with E-state index in [-0.39, 0.29) is 22.5 Å². The second-order valence-electron chi connectivity index (χ2n) is 3.25. The molecule has 1 heterocycles. The highest BCUT2D eigenvalue weighted by Crippen LogP contribution is 2.39. The van der Waals surface area contributed by atoms with Crippen molar-refractivity contribution in [3.63, 3.8) is 0 Å². The normalized spacial score (nSPS) is 11.6. The van der Waals surface area contributed by atoms with Crippen molar-refractivity contribution in [1.29, 1.82) is 0 Å². The number of ether oxygens (including phenoxy) is 1. The topological polar surface area (TPSA) is 50.8 Å². The standard InChI is InChI=1S/C10H8F3N3OS/c1-17-7-4-2-6(3-5-7)8-9(15-16-14-8)18-10(11,12)13/h2-5H,1H3,(H,14,15,16). The zero-order valence-corrected chi connectivity index (χ0v) is 9.97. The van der Waals surface area contributed by atoms with E-state index in [9.17, 15) is 13.2 Å². The SMILES string of the molecule is COc1ccc(-c2n[nH]nc2SC(F)(F)F)cc1. The second kappa shape index (κ2) is 4.89. The molecule has 0 saturated carbocycles. The van der Waals surface area contributed by atoms with Crippen LogP contribution in [0.2, 0.25) is 0 Å². The summed E-state index contributed by atoms with van der Waals surface area (Å²) in [7, 11) is 1.51.